The summed E-state index contributed by atoms with van der Waals surface area (Å²) in [5.41, 5.74) is -0.356. The molecule has 2 aliphatic rings. The summed E-state index contributed by atoms with van der Waals surface area (Å²) in [6, 6.07) is -0.779. The number of aliphatic carboxylic acids is 1. The van der Waals surface area contributed by atoms with Crippen LogP contribution in [0, 0.1) is 5.41 Å². The third kappa shape index (κ3) is 3.07. The number of rotatable bonds is 1. The standard InChI is InChI=1S/C15H26N2O3/c1-15(2)8-7-11-17(12(15)13(18)19)14(20)16-9-5-3-4-6-10-16/h12H,3-11H2,1-2H3,(H,18,19). The first-order valence-electron chi connectivity index (χ1n) is 7.72. The number of nitrogens with zero attached hydrogens (tertiary/aromatic N) is 2. The molecule has 0 aromatic heterocycles. The van der Waals surface area contributed by atoms with E-state index in [-0.39, 0.29) is 11.4 Å². The van der Waals surface area contributed by atoms with Crippen molar-refractivity contribution >= 4 is 12.0 Å². The Morgan fingerprint density at radius 1 is 1.00 bits per heavy atom. The van der Waals surface area contributed by atoms with E-state index < -0.39 is 12.0 Å². The molecule has 0 spiro atoms. The van der Waals surface area contributed by atoms with Gasteiger partial charge in [-0.25, -0.2) is 9.59 Å². The Morgan fingerprint density at radius 2 is 1.60 bits per heavy atom. The lowest BCUT2D eigenvalue weighted by Crippen LogP contribution is -2.59. The lowest BCUT2D eigenvalue weighted by molar-refractivity contribution is -0.148. The molecule has 0 saturated carbocycles. The number of carbonyl (C=O) groups is 2. The van der Waals surface area contributed by atoms with Gasteiger partial charge in [-0.1, -0.05) is 26.7 Å². The zero-order valence-electron chi connectivity index (χ0n) is 12.6. The molecule has 1 N–H and O–H groups in total. The van der Waals surface area contributed by atoms with E-state index in [4.69, 9.17) is 0 Å². The predicted molar refractivity (Wildman–Crippen MR) is 76.6 cm³/mol. The highest BCUT2D eigenvalue weighted by Crippen LogP contribution is 2.36. The molecule has 1 atom stereocenters. The molecule has 20 heavy (non-hydrogen) atoms. The fraction of sp³-hybridized carbons (Fsp3) is 0.867. The molecular weight excluding hydrogens is 256 g/mol. The Morgan fingerprint density at radius 3 is 2.15 bits per heavy atom. The van der Waals surface area contributed by atoms with Crippen molar-refractivity contribution in [3.8, 4) is 0 Å². The van der Waals surface area contributed by atoms with E-state index in [1.807, 2.05) is 18.7 Å². The molecule has 2 fully saturated rings. The summed E-state index contributed by atoms with van der Waals surface area (Å²) in [7, 11) is 0. The number of hydrogen-bond acceptors (Lipinski definition) is 2. The number of piperidine rings is 1. The van der Waals surface area contributed by atoms with Crippen molar-refractivity contribution in [3.05, 3.63) is 0 Å². The molecule has 2 saturated heterocycles. The highest BCUT2D eigenvalue weighted by Gasteiger charge is 2.45. The summed E-state index contributed by atoms with van der Waals surface area (Å²) in [5, 5.41) is 9.53. The summed E-state index contributed by atoms with van der Waals surface area (Å²) < 4.78 is 0. The zero-order valence-corrected chi connectivity index (χ0v) is 12.6. The summed E-state index contributed by atoms with van der Waals surface area (Å²) in [6.07, 6.45) is 6.13. The molecule has 2 rings (SSSR count). The second-order valence-corrected chi connectivity index (χ2v) is 6.71. The van der Waals surface area contributed by atoms with E-state index in [1.165, 1.54) is 0 Å². The SMILES string of the molecule is CC1(C)CCCN(C(=O)N2CCCCCC2)C1C(=O)O. The molecule has 2 amide bonds. The second kappa shape index (κ2) is 6.02. The Bertz CT molecular complexity index is 373. The molecule has 0 aliphatic carbocycles. The smallest absolute Gasteiger partial charge is 0.327 e. The predicted octanol–water partition coefficient (Wildman–Crippen LogP) is 2.56. The molecule has 0 aromatic rings. The normalized spacial score (nSPS) is 27.0. The first-order chi connectivity index (χ1) is 9.43. The topological polar surface area (TPSA) is 60.9 Å². The Hall–Kier alpha value is -1.26. The molecule has 2 aliphatic heterocycles. The number of urea groups is 1. The zero-order chi connectivity index (χ0) is 14.8. The maximum Gasteiger partial charge on any atom is 0.327 e. The van der Waals surface area contributed by atoms with E-state index in [0.29, 0.717) is 6.54 Å². The lowest BCUT2D eigenvalue weighted by Gasteiger charge is -2.45. The van der Waals surface area contributed by atoms with Crippen molar-refractivity contribution in [2.75, 3.05) is 19.6 Å². The largest absolute Gasteiger partial charge is 0.480 e. The highest BCUT2D eigenvalue weighted by atomic mass is 16.4. The fourth-order valence-corrected chi connectivity index (χ4v) is 3.51. The molecule has 5 nitrogen and oxygen atoms in total. The van der Waals surface area contributed by atoms with E-state index >= 15 is 0 Å². The summed E-state index contributed by atoms with van der Waals surface area (Å²) in [6.45, 7) is 6.00. The first kappa shape index (κ1) is 15.1. The van der Waals surface area contributed by atoms with Crippen LogP contribution in [0.2, 0.25) is 0 Å². The molecule has 114 valence electrons. The number of carboxylic acids is 1. The van der Waals surface area contributed by atoms with Crippen molar-refractivity contribution in [1.29, 1.82) is 0 Å². The van der Waals surface area contributed by atoms with Crippen LogP contribution in [0.5, 0.6) is 0 Å². The molecular formula is C15H26N2O3. The quantitative estimate of drug-likeness (QED) is 0.804. The number of carbonyl (C=O) groups excluding carboxylic acids is 1. The Labute approximate surface area is 120 Å². The minimum absolute atomic E-state index is 0.0768. The summed E-state index contributed by atoms with van der Waals surface area (Å²) in [4.78, 5) is 27.8. The van der Waals surface area contributed by atoms with Crippen molar-refractivity contribution in [2.24, 2.45) is 5.41 Å². The number of amides is 2. The third-order valence-electron chi connectivity index (χ3n) is 4.63. The van der Waals surface area contributed by atoms with Crippen LogP contribution in [0.4, 0.5) is 4.79 Å². The van der Waals surface area contributed by atoms with Crippen LogP contribution < -0.4 is 0 Å². The van der Waals surface area contributed by atoms with Gasteiger partial charge in [-0.3, -0.25) is 0 Å². The average Bonchev–Trinajstić information content (AvgIpc) is 2.64. The van der Waals surface area contributed by atoms with Crippen LogP contribution in [0.15, 0.2) is 0 Å². The fourth-order valence-electron chi connectivity index (χ4n) is 3.51. The van der Waals surface area contributed by atoms with Crippen LogP contribution in [0.1, 0.15) is 52.4 Å². The second-order valence-electron chi connectivity index (χ2n) is 6.71. The third-order valence-corrected chi connectivity index (χ3v) is 4.63. The molecule has 2 heterocycles. The lowest BCUT2D eigenvalue weighted by atomic mass is 9.76. The van der Waals surface area contributed by atoms with Gasteiger partial charge in [0.1, 0.15) is 6.04 Å². The molecule has 0 aromatic carbocycles. The van der Waals surface area contributed by atoms with Gasteiger partial charge in [0.15, 0.2) is 0 Å². The molecule has 1 unspecified atom stereocenters. The number of likely N-dealkylation sites (tertiary alicyclic amines) is 2. The maximum atomic E-state index is 12.7. The van der Waals surface area contributed by atoms with Crippen LogP contribution >= 0.6 is 0 Å². The Kier molecular flexibility index (Phi) is 4.55. The van der Waals surface area contributed by atoms with Crippen LogP contribution in [-0.4, -0.2) is 52.6 Å². The van der Waals surface area contributed by atoms with E-state index in [9.17, 15) is 14.7 Å². The van der Waals surface area contributed by atoms with Gasteiger partial charge >= 0.3 is 12.0 Å². The van der Waals surface area contributed by atoms with Crippen molar-refractivity contribution in [2.45, 2.75) is 58.4 Å². The summed E-state index contributed by atoms with van der Waals surface area (Å²) >= 11 is 0. The van der Waals surface area contributed by atoms with Gasteiger partial charge in [-0.15, -0.1) is 0 Å². The van der Waals surface area contributed by atoms with Gasteiger partial charge in [0.25, 0.3) is 0 Å². The molecule has 0 radical (unpaired) electrons. The van der Waals surface area contributed by atoms with Gasteiger partial charge in [0.2, 0.25) is 0 Å². The highest BCUT2D eigenvalue weighted by molar-refractivity contribution is 5.83. The van der Waals surface area contributed by atoms with Gasteiger partial charge in [0.05, 0.1) is 0 Å². The van der Waals surface area contributed by atoms with Gasteiger partial charge in [-0.05, 0) is 31.1 Å². The van der Waals surface area contributed by atoms with E-state index in [1.54, 1.807) is 4.90 Å². The minimum Gasteiger partial charge on any atom is -0.480 e. The van der Waals surface area contributed by atoms with E-state index in [0.717, 1.165) is 51.6 Å². The summed E-state index contributed by atoms with van der Waals surface area (Å²) in [5.74, 6) is -0.877. The average molecular weight is 282 g/mol. The maximum absolute atomic E-state index is 12.7. The first-order valence-corrected chi connectivity index (χ1v) is 7.72. The van der Waals surface area contributed by atoms with Crippen LogP contribution in [-0.2, 0) is 4.79 Å². The Balaban J connectivity index is 2.15. The van der Waals surface area contributed by atoms with Crippen molar-refractivity contribution in [3.63, 3.8) is 0 Å². The molecule has 0 bridgehead atoms. The monoisotopic (exact) mass is 282 g/mol. The molecule has 5 heteroatoms. The van der Waals surface area contributed by atoms with Gasteiger partial charge < -0.3 is 14.9 Å². The number of carboxylic acid groups (broad SMARTS) is 1. The minimum atomic E-state index is -0.877. The van der Waals surface area contributed by atoms with Crippen molar-refractivity contribution < 1.29 is 14.7 Å². The van der Waals surface area contributed by atoms with Crippen LogP contribution in [0.25, 0.3) is 0 Å². The van der Waals surface area contributed by atoms with E-state index in [2.05, 4.69) is 0 Å². The number of hydrogen-bond donors (Lipinski definition) is 1. The van der Waals surface area contributed by atoms with Crippen LogP contribution in [0.3, 0.4) is 0 Å². The van der Waals surface area contributed by atoms with Crippen molar-refractivity contribution in [1.82, 2.24) is 9.80 Å². The van der Waals surface area contributed by atoms with Gasteiger partial charge in [0, 0.05) is 19.6 Å². The van der Waals surface area contributed by atoms with Gasteiger partial charge in [-0.2, -0.15) is 0 Å².